The van der Waals surface area contributed by atoms with Crippen LogP contribution in [0.4, 0.5) is 0 Å². The zero-order valence-electron chi connectivity index (χ0n) is 12.5. The lowest BCUT2D eigenvalue weighted by atomic mass is 10.4. The molecular weight excluding hydrogens is 334 g/mol. The van der Waals surface area contributed by atoms with Gasteiger partial charge in [0.2, 0.25) is 10.0 Å². The first-order valence-electron chi connectivity index (χ1n) is 7.23. The van der Waals surface area contributed by atoms with Crippen LogP contribution in [0.5, 0.6) is 0 Å². The quantitative estimate of drug-likeness (QED) is 0.765. The number of morpholine rings is 1. The Balaban J connectivity index is 1.66. The SMILES string of the molecule is O=S(=O)(c1ccc(SCc2ccccn2)nc1)N1CCOCC1. The van der Waals surface area contributed by atoms with Crippen LogP contribution in [0.3, 0.4) is 0 Å². The number of hydrogen-bond donors (Lipinski definition) is 0. The molecule has 23 heavy (non-hydrogen) atoms. The maximum atomic E-state index is 12.5. The largest absolute Gasteiger partial charge is 0.379 e. The van der Waals surface area contributed by atoms with E-state index < -0.39 is 10.0 Å². The zero-order valence-corrected chi connectivity index (χ0v) is 14.1. The molecule has 0 radical (unpaired) electrons. The molecule has 0 atom stereocenters. The normalized spacial score (nSPS) is 16.3. The number of nitrogens with zero attached hydrogens (tertiary/aromatic N) is 3. The lowest BCUT2D eigenvalue weighted by Crippen LogP contribution is -2.40. The fraction of sp³-hybridized carbons (Fsp3) is 0.333. The van der Waals surface area contributed by atoms with Crippen molar-refractivity contribution < 1.29 is 13.2 Å². The van der Waals surface area contributed by atoms with E-state index in [1.807, 2.05) is 18.2 Å². The second-order valence-electron chi connectivity index (χ2n) is 4.96. The summed E-state index contributed by atoms with van der Waals surface area (Å²) in [4.78, 5) is 8.73. The van der Waals surface area contributed by atoms with Gasteiger partial charge >= 0.3 is 0 Å². The van der Waals surface area contributed by atoms with Gasteiger partial charge < -0.3 is 4.74 Å². The first-order chi connectivity index (χ1) is 11.2. The van der Waals surface area contributed by atoms with Crippen molar-refractivity contribution in [3.8, 4) is 0 Å². The molecule has 0 bridgehead atoms. The van der Waals surface area contributed by atoms with Gasteiger partial charge in [0, 0.05) is 31.2 Å². The fourth-order valence-electron chi connectivity index (χ4n) is 2.17. The number of aromatic nitrogens is 2. The van der Waals surface area contributed by atoms with Crippen LogP contribution in [0.15, 0.2) is 52.6 Å². The van der Waals surface area contributed by atoms with Gasteiger partial charge in [-0.05, 0) is 24.3 Å². The summed E-state index contributed by atoms with van der Waals surface area (Å²) in [5.41, 5.74) is 0.962. The molecule has 0 aromatic carbocycles. The highest BCUT2D eigenvalue weighted by molar-refractivity contribution is 7.98. The first kappa shape index (κ1) is 16.4. The number of hydrogen-bond acceptors (Lipinski definition) is 6. The Labute approximate surface area is 140 Å². The summed E-state index contributed by atoms with van der Waals surface area (Å²) in [6, 6.07) is 9.11. The van der Waals surface area contributed by atoms with E-state index in [-0.39, 0.29) is 4.90 Å². The monoisotopic (exact) mass is 351 g/mol. The van der Waals surface area contributed by atoms with Crippen LogP contribution in [0, 0.1) is 0 Å². The van der Waals surface area contributed by atoms with Gasteiger partial charge in [0.05, 0.1) is 23.9 Å². The Bertz CT molecular complexity index is 730. The van der Waals surface area contributed by atoms with E-state index in [4.69, 9.17) is 4.74 Å². The molecule has 1 aliphatic heterocycles. The van der Waals surface area contributed by atoms with Gasteiger partial charge in [-0.2, -0.15) is 4.31 Å². The molecule has 0 aliphatic carbocycles. The molecule has 3 heterocycles. The molecule has 3 rings (SSSR count). The van der Waals surface area contributed by atoms with Crippen LogP contribution in [0.2, 0.25) is 0 Å². The van der Waals surface area contributed by atoms with Crippen LogP contribution in [0.25, 0.3) is 0 Å². The lowest BCUT2D eigenvalue weighted by Gasteiger charge is -2.25. The van der Waals surface area contributed by atoms with Crippen molar-refractivity contribution in [2.45, 2.75) is 15.7 Å². The van der Waals surface area contributed by atoms with Crippen molar-refractivity contribution in [2.75, 3.05) is 26.3 Å². The highest BCUT2D eigenvalue weighted by atomic mass is 32.2. The highest BCUT2D eigenvalue weighted by Gasteiger charge is 2.26. The van der Waals surface area contributed by atoms with Crippen molar-refractivity contribution in [3.63, 3.8) is 0 Å². The van der Waals surface area contributed by atoms with E-state index in [0.29, 0.717) is 32.1 Å². The average Bonchev–Trinajstić information content (AvgIpc) is 2.62. The molecule has 0 amide bonds. The van der Waals surface area contributed by atoms with Crippen LogP contribution < -0.4 is 0 Å². The van der Waals surface area contributed by atoms with E-state index in [0.717, 1.165) is 10.7 Å². The van der Waals surface area contributed by atoms with Crippen LogP contribution in [-0.4, -0.2) is 49.0 Å². The van der Waals surface area contributed by atoms with E-state index in [9.17, 15) is 8.42 Å². The van der Waals surface area contributed by atoms with E-state index in [1.165, 1.54) is 22.3 Å². The molecule has 0 unspecified atom stereocenters. The van der Waals surface area contributed by atoms with Gasteiger partial charge in [0.15, 0.2) is 0 Å². The molecule has 2 aromatic heterocycles. The number of sulfonamides is 1. The van der Waals surface area contributed by atoms with E-state index in [1.54, 1.807) is 18.3 Å². The molecular formula is C15H17N3O3S2. The minimum Gasteiger partial charge on any atom is -0.379 e. The number of ether oxygens (including phenoxy) is 1. The fourth-order valence-corrected chi connectivity index (χ4v) is 4.28. The predicted octanol–water partition coefficient (Wildman–Crippen LogP) is 1.79. The zero-order chi connectivity index (χ0) is 16.1. The summed E-state index contributed by atoms with van der Waals surface area (Å²) < 4.78 is 31.6. The molecule has 1 aliphatic rings. The lowest BCUT2D eigenvalue weighted by molar-refractivity contribution is 0.0730. The second-order valence-corrected chi connectivity index (χ2v) is 7.89. The predicted molar refractivity (Wildman–Crippen MR) is 87.6 cm³/mol. The third kappa shape index (κ3) is 4.08. The molecule has 1 fully saturated rings. The van der Waals surface area contributed by atoms with E-state index >= 15 is 0 Å². The standard InChI is InChI=1S/C15H17N3O3S2/c19-23(20,18-7-9-21-10-8-18)14-4-5-15(17-11-14)22-12-13-3-1-2-6-16-13/h1-6,11H,7-10,12H2. The topological polar surface area (TPSA) is 72.4 Å². The summed E-state index contributed by atoms with van der Waals surface area (Å²) in [7, 11) is -3.48. The van der Waals surface area contributed by atoms with Gasteiger partial charge in [-0.25, -0.2) is 13.4 Å². The summed E-state index contributed by atoms with van der Waals surface area (Å²) >= 11 is 1.53. The van der Waals surface area contributed by atoms with Crippen molar-refractivity contribution in [2.24, 2.45) is 0 Å². The molecule has 8 heteroatoms. The van der Waals surface area contributed by atoms with Crippen molar-refractivity contribution in [1.82, 2.24) is 14.3 Å². The Morgan fingerprint density at radius 2 is 1.96 bits per heavy atom. The molecule has 0 N–H and O–H groups in total. The van der Waals surface area contributed by atoms with Gasteiger partial charge in [0.1, 0.15) is 4.90 Å². The number of rotatable bonds is 5. The summed E-state index contributed by atoms with van der Waals surface area (Å²) in [6.07, 6.45) is 3.17. The van der Waals surface area contributed by atoms with Gasteiger partial charge in [-0.15, -0.1) is 11.8 Å². The Hall–Kier alpha value is -1.48. The van der Waals surface area contributed by atoms with Crippen molar-refractivity contribution in [1.29, 1.82) is 0 Å². The van der Waals surface area contributed by atoms with E-state index in [2.05, 4.69) is 9.97 Å². The minimum atomic E-state index is -3.48. The number of pyridine rings is 2. The minimum absolute atomic E-state index is 0.224. The maximum absolute atomic E-state index is 12.5. The molecule has 0 saturated carbocycles. The number of thioether (sulfide) groups is 1. The average molecular weight is 351 g/mol. The van der Waals surface area contributed by atoms with Gasteiger partial charge in [-0.3, -0.25) is 4.98 Å². The Morgan fingerprint density at radius 1 is 1.13 bits per heavy atom. The maximum Gasteiger partial charge on any atom is 0.244 e. The highest BCUT2D eigenvalue weighted by Crippen LogP contribution is 2.22. The van der Waals surface area contributed by atoms with Crippen LogP contribution in [0.1, 0.15) is 5.69 Å². The van der Waals surface area contributed by atoms with Crippen molar-refractivity contribution in [3.05, 3.63) is 48.4 Å². The summed E-state index contributed by atoms with van der Waals surface area (Å²) in [5, 5.41) is 0.775. The summed E-state index contributed by atoms with van der Waals surface area (Å²) in [5.74, 6) is 0.698. The molecule has 2 aromatic rings. The third-order valence-corrected chi connectivity index (χ3v) is 6.27. The van der Waals surface area contributed by atoms with Gasteiger partial charge in [0.25, 0.3) is 0 Å². The van der Waals surface area contributed by atoms with Crippen molar-refractivity contribution >= 4 is 21.8 Å². The second kappa shape index (κ2) is 7.39. The summed E-state index contributed by atoms with van der Waals surface area (Å²) in [6.45, 7) is 1.65. The molecule has 1 saturated heterocycles. The first-order valence-corrected chi connectivity index (χ1v) is 9.65. The Morgan fingerprint density at radius 3 is 2.61 bits per heavy atom. The van der Waals surface area contributed by atoms with Crippen LogP contribution in [-0.2, 0) is 20.5 Å². The molecule has 0 spiro atoms. The van der Waals surface area contributed by atoms with Gasteiger partial charge in [-0.1, -0.05) is 6.07 Å². The Kier molecular flexibility index (Phi) is 5.27. The molecule has 122 valence electrons. The smallest absolute Gasteiger partial charge is 0.244 e. The molecule has 6 nitrogen and oxygen atoms in total. The van der Waals surface area contributed by atoms with Crippen LogP contribution >= 0.6 is 11.8 Å². The third-order valence-electron chi connectivity index (χ3n) is 3.41.